The monoisotopic (exact) mass is 380 g/mol. The number of aromatic nitrogens is 4. The van der Waals surface area contributed by atoms with Crippen molar-refractivity contribution in [2.24, 2.45) is 0 Å². The summed E-state index contributed by atoms with van der Waals surface area (Å²) in [5, 5.41) is 4.84. The number of benzene rings is 2. The summed E-state index contributed by atoms with van der Waals surface area (Å²) in [6, 6.07) is 17.2. The highest BCUT2D eigenvalue weighted by molar-refractivity contribution is 9.10. The summed E-state index contributed by atoms with van der Waals surface area (Å²) >= 11 is 3.50. The average Bonchev–Trinajstić information content (AvgIpc) is 3.01. The molecule has 118 valence electrons. The first kappa shape index (κ1) is 14.8. The third kappa shape index (κ3) is 2.27. The molecule has 24 heavy (non-hydrogen) atoms. The molecule has 0 unspecified atom stereocenters. The maximum Gasteiger partial charge on any atom is 0.269 e. The summed E-state index contributed by atoms with van der Waals surface area (Å²) in [7, 11) is 0. The van der Waals surface area contributed by atoms with Crippen molar-refractivity contribution in [1.82, 2.24) is 19.3 Å². The molecule has 6 heteroatoms. The predicted octanol–water partition coefficient (Wildman–Crippen LogP) is 3.64. The van der Waals surface area contributed by atoms with Crippen LogP contribution in [0.5, 0.6) is 0 Å². The predicted molar refractivity (Wildman–Crippen MR) is 96.9 cm³/mol. The first-order chi connectivity index (χ1) is 11.7. The van der Waals surface area contributed by atoms with Crippen LogP contribution in [0.15, 0.2) is 70.1 Å². The topological polar surface area (TPSA) is 52.7 Å². The molecule has 0 radical (unpaired) electrons. The van der Waals surface area contributed by atoms with Crippen LogP contribution in [0.1, 0.15) is 5.82 Å². The lowest BCUT2D eigenvalue weighted by atomic mass is 10.3. The third-order valence-corrected chi connectivity index (χ3v) is 4.53. The second kappa shape index (κ2) is 5.72. The van der Waals surface area contributed by atoms with Crippen molar-refractivity contribution in [2.75, 3.05) is 0 Å². The number of fused-ring (bicyclic) bond motifs is 1. The first-order valence-electron chi connectivity index (χ1n) is 7.44. The Morgan fingerprint density at radius 2 is 1.71 bits per heavy atom. The minimum Gasteiger partial charge on any atom is -0.268 e. The quantitative estimate of drug-likeness (QED) is 0.533. The minimum absolute atomic E-state index is 0.133. The maximum absolute atomic E-state index is 13.0. The van der Waals surface area contributed by atoms with Gasteiger partial charge in [0.25, 0.3) is 5.56 Å². The summed E-state index contributed by atoms with van der Waals surface area (Å²) in [5.74, 6) is 0.608. The number of halogens is 1. The van der Waals surface area contributed by atoms with Crippen molar-refractivity contribution >= 4 is 27.0 Å². The van der Waals surface area contributed by atoms with Crippen LogP contribution in [0, 0.1) is 6.92 Å². The fraction of sp³-hybridized carbons (Fsp3) is 0.0556. The first-order valence-corrected chi connectivity index (χ1v) is 8.24. The molecule has 0 saturated carbocycles. The molecule has 0 fully saturated rings. The van der Waals surface area contributed by atoms with E-state index in [9.17, 15) is 4.79 Å². The number of hydrogen-bond donors (Lipinski definition) is 0. The van der Waals surface area contributed by atoms with Gasteiger partial charge in [0.2, 0.25) is 0 Å². The summed E-state index contributed by atoms with van der Waals surface area (Å²) in [4.78, 5) is 17.6. The molecule has 2 aromatic heterocycles. The van der Waals surface area contributed by atoms with Crippen LogP contribution in [0.3, 0.4) is 0 Å². The highest BCUT2D eigenvalue weighted by Gasteiger charge is 2.16. The molecule has 2 heterocycles. The Labute approximate surface area is 146 Å². The van der Waals surface area contributed by atoms with Crippen LogP contribution in [0.4, 0.5) is 0 Å². The van der Waals surface area contributed by atoms with E-state index in [1.54, 1.807) is 15.4 Å². The van der Waals surface area contributed by atoms with Gasteiger partial charge in [-0.2, -0.15) is 5.10 Å². The van der Waals surface area contributed by atoms with E-state index in [4.69, 9.17) is 0 Å². The van der Waals surface area contributed by atoms with E-state index in [2.05, 4.69) is 26.0 Å². The number of hydrogen-bond acceptors (Lipinski definition) is 3. The van der Waals surface area contributed by atoms with Crippen molar-refractivity contribution in [1.29, 1.82) is 0 Å². The Bertz CT molecular complexity index is 1100. The lowest BCUT2D eigenvalue weighted by Gasteiger charge is -2.11. The van der Waals surface area contributed by atoms with Crippen LogP contribution in [0.25, 0.3) is 22.4 Å². The molecular formula is C18H13BrN4O. The van der Waals surface area contributed by atoms with Crippen molar-refractivity contribution in [2.45, 2.75) is 6.92 Å². The van der Waals surface area contributed by atoms with Gasteiger partial charge in [0.15, 0.2) is 5.65 Å². The molecular weight excluding hydrogens is 368 g/mol. The van der Waals surface area contributed by atoms with Crippen molar-refractivity contribution < 1.29 is 0 Å². The molecule has 0 N–H and O–H groups in total. The van der Waals surface area contributed by atoms with Crippen LogP contribution >= 0.6 is 15.9 Å². The van der Waals surface area contributed by atoms with E-state index in [0.29, 0.717) is 16.9 Å². The SMILES string of the molecule is Cc1nc2c(cnn2-c2ccccc2)c(=O)n1-c1ccccc1Br. The highest BCUT2D eigenvalue weighted by atomic mass is 79.9. The smallest absolute Gasteiger partial charge is 0.268 e. The molecule has 0 saturated heterocycles. The van der Waals surface area contributed by atoms with E-state index < -0.39 is 0 Å². The number of para-hydroxylation sites is 2. The van der Waals surface area contributed by atoms with Gasteiger partial charge in [-0.3, -0.25) is 9.36 Å². The zero-order chi connectivity index (χ0) is 16.7. The molecule has 0 amide bonds. The van der Waals surface area contributed by atoms with Crippen molar-refractivity contribution in [3.05, 3.63) is 81.4 Å². The Balaban J connectivity index is 2.02. The highest BCUT2D eigenvalue weighted by Crippen LogP contribution is 2.21. The second-order valence-corrected chi connectivity index (χ2v) is 6.23. The van der Waals surface area contributed by atoms with Crippen LogP contribution in [-0.2, 0) is 0 Å². The van der Waals surface area contributed by atoms with E-state index in [1.807, 2.05) is 61.5 Å². The van der Waals surface area contributed by atoms with Gasteiger partial charge in [0.1, 0.15) is 11.2 Å². The third-order valence-electron chi connectivity index (χ3n) is 3.86. The second-order valence-electron chi connectivity index (χ2n) is 5.38. The largest absolute Gasteiger partial charge is 0.269 e. The molecule has 5 nitrogen and oxygen atoms in total. The Morgan fingerprint density at radius 1 is 1.00 bits per heavy atom. The molecule has 2 aromatic carbocycles. The maximum atomic E-state index is 13.0. The fourth-order valence-corrected chi connectivity index (χ4v) is 3.21. The van der Waals surface area contributed by atoms with Gasteiger partial charge in [-0.15, -0.1) is 0 Å². The van der Waals surface area contributed by atoms with E-state index in [-0.39, 0.29) is 5.56 Å². The van der Waals surface area contributed by atoms with Crippen LogP contribution in [-0.4, -0.2) is 19.3 Å². The van der Waals surface area contributed by atoms with E-state index in [0.717, 1.165) is 15.8 Å². The summed E-state index contributed by atoms with van der Waals surface area (Å²) in [6.07, 6.45) is 1.57. The van der Waals surface area contributed by atoms with Gasteiger partial charge in [-0.25, -0.2) is 9.67 Å². The number of rotatable bonds is 2. The molecule has 4 rings (SSSR count). The fourth-order valence-electron chi connectivity index (χ4n) is 2.75. The zero-order valence-electron chi connectivity index (χ0n) is 12.8. The van der Waals surface area contributed by atoms with Gasteiger partial charge in [-0.1, -0.05) is 30.3 Å². The lowest BCUT2D eigenvalue weighted by molar-refractivity contribution is 0.858. The molecule has 0 bridgehead atoms. The molecule has 4 aromatic rings. The van der Waals surface area contributed by atoms with Gasteiger partial charge >= 0.3 is 0 Å². The normalized spacial score (nSPS) is 11.1. The van der Waals surface area contributed by atoms with E-state index >= 15 is 0 Å². The minimum atomic E-state index is -0.133. The average molecular weight is 381 g/mol. The molecule has 0 aliphatic carbocycles. The van der Waals surface area contributed by atoms with Crippen LogP contribution in [0.2, 0.25) is 0 Å². The Kier molecular flexibility index (Phi) is 3.54. The lowest BCUT2D eigenvalue weighted by Crippen LogP contribution is -2.22. The van der Waals surface area contributed by atoms with E-state index in [1.165, 1.54) is 0 Å². The Morgan fingerprint density at radius 3 is 2.46 bits per heavy atom. The molecule has 0 spiro atoms. The molecule has 0 aliphatic rings. The van der Waals surface area contributed by atoms with Crippen LogP contribution < -0.4 is 5.56 Å². The Hall–Kier alpha value is -2.73. The number of aryl methyl sites for hydroxylation is 1. The molecule has 0 atom stereocenters. The number of nitrogens with zero attached hydrogens (tertiary/aromatic N) is 4. The van der Waals surface area contributed by atoms with Gasteiger partial charge in [0.05, 0.1) is 17.6 Å². The molecule has 0 aliphatic heterocycles. The summed E-state index contributed by atoms with van der Waals surface area (Å²) in [6.45, 7) is 1.82. The van der Waals surface area contributed by atoms with Crippen molar-refractivity contribution in [3.8, 4) is 11.4 Å². The summed E-state index contributed by atoms with van der Waals surface area (Å²) < 4.78 is 4.13. The van der Waals surface area contributed by atoms with Crippen molar-refractivity contribution in [3.63, 3.8) is 0 Å². The zero-order valence-corrected chi connectivity index (χ0v) is 14.4. The summed E-state index contributed by atoms with van der Waals surface area (Å²) in [5.41, 5.74) is 2.07. The van der Waals surface area contributed by atoms with Gasteiger partial charge in [0, 0.05) is 4.47 Å². The van der Waals surface area contributed by atoms with Gasteiger partial charge in [-0.05, 0) is 47.1 Å². The van der Waals surface area contributed by atoms with Gasteiger partial charge < -0.3 is 0 Å². The standard InChI is InChI=1S/C18H13BrN4O/c1-12-21-17-14(11-20-23(17)13-7-3-2-4-8-13)18(24)22(12)16-10-6-5-9-15(16)19/h2-11H,1H3.